The van der Waals surface area contributed by atoms with Crippen molar-refractivity contribution in [1.82, 2.24) is 10.3 Å². The number of anilines is 1. The minimum absolute atomic E-state index is 0.408. The maximum absolute atomic E-state index is 5.71. The third-order valence-electron chi connectivity index (χ3n) is 3.00. The summed E-state index contributed by atoms with van der Waals surface area (Å²) in [5, 5.41) is 3.36. The molecule has 0 aliphatic heterocycles. The van der Waals surface area contributed by atoms with Crippen molar-refractivity contribution in [2.45, 2.75) is 17.4 Å². The van der Waals surface area contributed by atoms with E-state index in [0.29, 0.717) is 11.9 Å². The number of nitrogens with one attached hydrogen (secondary N) is 1. The van der Waals surface area contributed by atoms with Gasteiger partial charge in [-0.15, -0.1) is 11.8 Å². The van der Waals surface area contributed by atoms with Gasteiger partial charge in [-0.05, 0) is 55.4 Å². The van der Waals surface area contributed by atoms with Crippen molar-refractivity contribution in [3.8, 4) is 0 Å². The highest BCUT2D eigenvalue weighted by molar-refractivity contribution is 9.10. The third kappa shape index (κ3) is 4.81. The van der Waals surface area contributed by atoms with Crippen molar-refractivity contribution >= 4 is 33.5 Å². The second kappa shape index (κ2) is 7.67. The fourth-order valence-electron chi connectivity index (χ4n) is 1.88. The summed E-state index contributed by atoms with van der Waals surface area (Å²) in [5.74, 6) is 1.60. The summed E-state index contributed by atoms with van der Waals surface area (Å²) in [6, 6.07) is 12.8. The lowest BCUT2D eigenvalue weighted by Crippen LogP contribution is -2.30. The number of aromatic nitrogens is 1. The zero-order chi connectivity index (χ0) is 14.4. The highest BCUT2D eigenvalue weighted by atomic mass is 79.9. The van der Waals surface area contributed by atoms with Crippen LogP contribution in [0.4, 0.5) is 5.82 Å². The van der Waals surface area contributed by atoms with Gasteiger partial charge in [-0.3, -0.25) is 0 Å². The average Bonchev–Trinajstić information content (AvgIpc) is 2.45. The molecule has 1 aromatic heterocycles. The Balaban J connectivity index is 1.90. The van der Waals surface area contributed by atoms with Crippen LogP contribution in [-0.2, 0) is 6.42 Å². The Hall–Kier alpha value is -1.04. The van der Waals surface area contributed by atoms with Crippen LogP contribution in [0.15, 0.2) is 52.0 Å². The number of halogens is 1. The van der Waals surface area contributed by atoms with Crippen LogP contribution < -0.4 is 11.1 Å². The van der Waals surface area contributed by atoms with Gasteiger partial charge in [0.1, 0.15) is 5.82 Å². The molecule has 1 unspecified atom stereocenters. The number of benzene rings is 1. The molecule has 20 heavy (non-hydrogen) atoms. The molecule has 2 aromatic rings. The molecule has 106 valence electrons. The summed E-state index contributed by atoms with van der Waals surface area (Å²) in [6.07, 6.45) is 2.71. The van der Waals surface area contributed by atoms with E-state index in [1.807, 2.05) is 30.9 Å². The van der Waals surface area contributed by atoms with Crippen molar-refractivity contribution in [3.05, 3.63) is 52.6 Å². The van der Waals surface area contributed by atoms with Crippen molar-refractivity contribution in [3.63, 3.8) is 0 Å². The van der Waals surface area contributed by atoms with E-state index in [4.69, 9.17) is 5.73 Å². The zero-order valence-electron chi connectivity index (χ0n) is 11.3. The fraction of sp³-hybridized carbons (Fsp3) is 0.267. The van der Waals surface area contributed by atoms with E-state index in [2.05, 4.69) is 50.5 Å². The van der Waals surface area contributed by atoms with E-state index >= 15 is 0 Å². The molecule has 0 aliphatic carbocycles. The van der Waals surface area contributed by atoms with Gasteiger partial charge in [0.05, 0.1) is 0 Å². The van der Waals surface area contributed by atoms with Gasteiger partial charge >= 0.3 is 0 Å². The molecule has 3 N–H and O–H groups in total. The standard InChI is InChI=1S/C15H18BrN3S/c1-18-13(8-11-6-7-19-15(17)9-11)10-20-14-4-2-12(16)3-5-14/h2-7,9,13,18H,8,10H2,1H3,(H2,17,19). The number of pyridine rings is 1. The van der Waals surface area contributed by atoms with Crippen LogP contribution in [0.3, 0.4) is 0 Å². The van der Waals surface area contributed by atoms with E-state index in [-0.39, 0.29) is 0 Å². The minimum Gasteiger partial charge on any atom is -0.384 e. The topological polar surface area (TPSA) is 50.9 Å². The lowest BCUT2D eigenvalue weighted by molar-refractivity contribution is 0.617. The monoisotopic (exact) mass is 351 g/mol. The molecule has 0 bridgehead atoms. The van der Waals surface area contributed by atoms with Crippen LogP contribution in [0, 0.1) is 0 Å². The Bertz CT molecular complexity index is 545. The second-order valence-corrected chi connectivity index (χ2v) is 6.55. The SMILES string of the molecule is CNC(CSc1ccc(Br)cc1)Cc1ccnc(N)c1. The quantitative estimate of drug-likeness (QED) is 0.783. The number of rotatable bonds is 6. The Kier molecular flexibility index (Phi) is 5.88. The Labute approximate surface area is 132 Å². The molecule has 0 fully saturated rings. The summed E-state index contributed by atoms with van der Waals surface area (Å²) >= 11 is 5.31. The summed E-state index contributed by atoms with van der Waals surface area (Å²) in [6.45, 7) is 0. The zero-order valence-corrected chi connectivity index (χ0v) is 13.7. The lowest BCUT2D eigenvalue weighted by atomic mass is 10.1. The molecule has 2 rings (SSSR count). The number of hydrogen-bond acceptors (Lipinski definition) is 4. The molecule has 0 aliphatic rings. The molecule has 1 atom stereocenters. The molecule has 3 nitrogen and oxygen atoms in total. The van der Waals surface area contributed by atoms with Crippen molar-refractivity contribution in [2.75, 3.05) is 18.5 Å². The smallest absolute Gasteiger partial charge is 0.123 e. The lowest BCUT2D eigenvalue weighted by Gasteiger charge is -2.16. The first-order valence-corrected chi connectivity index (χ1v) is 8.21. The Morgan fingerprint density at radius 2 is 2.05 bits per heavy atom. The molecule has 0 spiro atoms. The molecule has 1 aromatic carbocycles. The van der Waals surface area contributed by atoms with Gasteiger partial charge in [-0.1, -0.05) is 15.9 Å². The van der Waals surface area contributed by atoms with Gasteiger partial charge in [-0.25, -0.2) is 4.98 Å². The number of likely N-dealkylation sites (N-methyl/N-ethyl adjacent to an activating group) is 1. The third-order valence-corrected chi connectivity index (χ3v) is 4.70. The maximum atomic E-state index is 5.71. The van der Waals surface area contributed by atoms with Gasteiger partial charge in [-0.2, -0.15) is 0 Å². The highest BCUT2D eigenvalue weighted by Gasteiger charge is 2.08. The van der Waals surface area contributed by atoms with Crippen LogP contribution in [0.25, 0.3) is 0 Å². The Morgan fingerprint density at radius 1 is 1.30 bits per heavy atom. The second-order valence-electron chi connectivity index (χ2n) is 4.54. The van der Waals surface area contributed by atoms with Crippen LogP contribution in [0.5, 0.6) is 0 Å². The van der Waals surface area contributed by atoms with Crippen molar-refractivity contribution < 1.29 is 0 Å². The van der Waals surface area contributed by atoms with Crippen LogP contribution in [0.1, 0.15) is 5.56 Å². The predicted molar refractivity (Wildman–Crippen MR) is 90.1 cm³/mol. The van der Waals surface area contributed by atoms with E-state index in [9.17, 15) is 0 Å². The minimum atomic E-state index is 0.408. The summed E-state index contributed by atoms with van der Waals surface area (Å²) in [4.78, 5) is 5.30. The van der Waals surface area contributed by atoms with Crippen molar-refractivity contribution in [2.24, 2.45) is 0 Å². The van der Waals surface area contributed by atoms with Gasteiger partial charge in [0.2, 0.25) is 0 Å². The maximum Gasteiger partial charge on any atom is 0.123 e. The molecule has 0 saturated carbocycles. The first-order valence-electron chi connectivity index (χ1n) is 6.43. The van der Waals surface area contributed by atoms with Gasteiger partial charge in [0, 0.05) is 27.4 Å². The van der Waals surface area contributed by atoms with Crippen LogP contribution in [-0.4, -0.2) is 23.8 Å². The molecule has 0 radical (unpaired) electrons. The van der Waals surface area contributed by atoms with Gasteiger partial charge < -0.3 is 11.1 Å². The van der Waals surface area contributed by atoms with Crippen LogP contribution in [0.2, 0.25) is 0 Å². The first-order chi connectivity index (χ1) is 9.67. The summed E-state index contributed by atoms with van der Waals surface area (Å²) < 4.78 is 1.11. The molecule has 1 heterocycles. The molecular formula is C15H18BrN3S. The van der Waals surface area contributed by atoms with Gasteiger partial charge in [0.15, 0.2) is 0 Å². The summed E-state index contributed by atoms with van der Waals surface area (Å²) in [5.41, 5.74) is 6.93. The normalized spacial score (nSPS) is 12.3. The highest BCUT2D eigenvalue weighted by Crippen LogP contribution is 2.22. The number of hydrogen-bond donors (Lipinski definition) is 2. The van der Waals surface area contributed by atoms with E-state index in [1.54, 1.807) is 6.20 Å². The van der Waals surface area contributed by atoms with E-state index < -0.39 is 0 Å². The van der Waals surface area contributed by atoms with Crippen molar-refractivity contribution in [1.29, 1.82) is 0 Å². The average molecular weight is 352 g/mol. The molecule has 5 heteroatoms. The largest absolute Gasteiger partial charge is 0.384 e. The molecular weight excluding hydrogens is 334 g/mol. The fourth-order valence-corrected chi connectivity index (χ4v) is 3.15. The number of nitrogen functional groups attached to an aromatic ring is 1. The number of nitrogens with zero attached hydrogens (tertiary/aromatic N) is 1. The Morgan fingerprint density at radius 3 is 2.70 bits per heavy atom. The summed E-state index contributed by atoms with van der Waals surface area (Å²) in [7, 11) is 2.00. The van der Waals surface area contributed by atoms with E-state index in [0.717, 1.165) is 16.6 Å². The predicted octanol–water partition coefficient (Wildman–Crippen LogP) is 3.35. The molecule has 0 saturated heterocycles. The number of nitrogens with two attached hydrogens (primary N) is 1. The van der Waals surface area contributed by atoms with E-state index in [1.165, 1.54) is 10.5 Å². The van der Waals surface area contributed by atoms with Crippen LogP contribution >= 0.6 is 27.7 Å². The molecule has 0 amide bonds. The number of thioether (sulfide) groups is 1. The van der Waals surface area contributed by atoms with Gasteiger partial charge in [0.25, 0.3) is 0 Å². The first kappa shape index (κ1) is 15.4.